The van der Waals surface area contributed by atoms with Crippen molar-refractivity contribution in [1.29, 1.82) is 0 Å². The number of nitrogens with zero attached hydrogens (tertiary/aromatic N) is 3. The fourth-order valence-corrected chi connectivity index (χ4v) is 4.32. The van der Waals surface area contributed by atoms with Crippen molar-refractivity contribution in [3.63, 3.8) is 0 Å². The number of rotatable bonds is 9. The van der Waals surface area contributed by atoms with Gasteiger partial charge in [0.15, 0.2) is 5.16 Å². The molecule has 2 aromatic carbocycles. The van der Waals surface area contributed by atoms with E-state index in [1.54, 1.807) is 25.3 Å². The van der Waals surface area contributed by atoms with E-state index in [0.29, 0.717) is 25.3 Å². The van der Waals surface area contributed by atoms with Crippen LogP contribution in [0.25, 0.3) is 11.0 Å². The van der Waals surface area contributed by atoms with Crippen LogP contribution in [-0.4, -0.2) is 45.9 Å². The fraction of sp³-hybridized carbons (Fsp3) is 0.364. The number of fused-ring (bicyclic) bond motifs is 1. The summed E-state index contributed by atoms with van der Waals surface area (Å²) in [4.78, 5) is 19.5. The highest BCUT2D eigenvalue weighted by atomic mass is 32.2. The summed E-state index contributed by atoms with van der Waals surface area (Å²) in [5, 5.41) is 0.804. The first-order chi connectivity index (χ1) is 14.2. The van der Waals surface area contributed by atoms with Gasteiger partial charge in [-0.05, 0) is 31.0 Å². The number of aromatic nitrogens is 2. The Kier molecular flexibility index (Phi) is 6.16. The Morgan fingerprint density at radius 2 is 2.00 bits per heavy atom. The third kappa shape index (κ3) is 4.62. The number of para-hydroxylation sites is 2. The molecule has 0 atom stereocenters. The highest BCUT2D eigenvalue weighted by molar-refractivity contribution is 7.99. The van der Waals surface area contributed by atoms with E-state index in [1.807, 2.05) is 29.2 Å². The van der Waals surface area contributed by atoms with Crippen LogP contribution >= 0.6 is 11.8 Å². The Bertz CT molecular complexity index is 1000. The average molecular weight is 414 g/mol. The minimum absolute atomic E-state index is 0.0195. The Morgan fingerprint density at radius 3 is 2.76 bits per heavy atom. The first-order valence-electron chi connectivity index (χ1n) is 9.77. The normalized spacial score (nSPS) is 13.7. The number of halogens is 1. The lowest BCUT2D eigenvalue weighted by molar-refractivity contribution is -0.129. The molecule has 1 saturated carbocycles. The van der Waals surface area contributed by atoms with Gasteiger partial charge in [0.2, 0.25) is 5.91 Å². The highest BCUT2D eigenvalue weighted by Gasteiger charge is 2.33. The SMILES string of the molecule is COCCn1c(SCC(=O)N(Cc2ccccc2F)C2CC2)nc2ccccc21. The summed E-state index contributed by atoms with van der Waals surface area (Å²) in [7, 11) is 1.67. The number of amides is 1. The molecule has 1 aliphatic rings. The van der Waals surface area contributed by atoms with E-state index >= 15 is 0 Å². The number of hydrogen-bond donors (Lipinski definition) is 0. The number of hydrogen-bond acceptors (Lipinski definition) is 4. The molecule has 0 N–H and O–H groups in total. The summed E-state index contributed by atoms with van der Waals surface area (Å²) in [6, 6.07) is 14.8. The van der Waals surface area contributed by atoms with Crippen molar-refractivity contribution in [2.24, 2.45) is 0 Å². The predicted octanol–water partition coefficient (Wildman–Crippen LogP) is 4.11. The molecule has 1 heterocycles. The maximum absolute atomic E-state index is 14.1. The van der Waals surface area contributed by atoms with Gasteiger partial charge in [0.25, 0.3) is 0 Å². The lowest BCUT2D eigenvalue weighted by atomic mass is 10.2. The number of imidazole rings is 1. The zero-order chi connectivity index (χ0) is 20.2. The number of benzene rings is 2. The molecule has 4 rings (SSSR count). The van der Waals surface area contributed by atoms with Gasteiger partial charge in [0.05, 0.1) is 23.4 Å². The number of thioether (sulfide) groups is 1. The predicted molar refractivity (Wildman–Crippen MR) is 112 cm³/mol. The number of ether oxygens (including phenoxy) is 1. The van der Waals surface area contributed by atoms with Crippen LogP contribution in [0.2, 0.25) is 0 Å². The van der Waals surface area contributed by atoms with Crippen molar-refractivity contribution < 1.29 is 13.9 Å². The number of methoxy groups -OCH3 is 1. The highest BCUT2D eigenvalue weighted by Crippen LogP contribution is 2.31. The van der Waals surface area contributed by atoms with E-state index in [1.165, 1.54) is 17.8 Å². The van der Waals surface area contributed by atoms with Crippen LogP contribution in [0, 0.1) is 5.82 Å². The summed E-state index contributed by atoms with van der Waals surface area (Å²) in [5.74, 6) is 0.0346. The molecule has 7 heteroatoms. The maximum Gasteiger partial charge on any atom is 0.233 e. The molecular formula is C22H24FN3O2S. The van der Waals surface area contributed by atoms with Crippen LogP contribution in [0.1, 0.15) is 18.4 Å². The molecule has 5 nitrogen and oxygen atoms in total. The molecule has 152 valence electrons. The molecule has 1 aromatic heterocycles. The third-order valence-electron chi connectivity index (χ3n) is 5.07. The standard InChI is InChI=1S/C22H24FN3O2S/c1-28-13-12-25-20-9-5-4-8-19(20)24-22(25)29-15-21(27)26(17-10-11-17)14-16-6-2-3-7-18(16)23/h2-9,17H,10-15H2,1H3. The summed E-state index contributed by atoms with van der Waals surface area (Å²) in [5.41, 5.74) is 2.50. The fourth-order valence-electron chi connectivity index (χ4n) is 3.39. The quantitative estimate of drug-likeness (QED) is 0.496. The zero-order valence-corrected chi connectivity index (χ0v) is 17.2. The third-order valence-corrected chi connectivity index (χ3v) is 6.03. The van der Waals surface area contributed by atoms with Crippen molar-refractivity contribution in [3.05, 3.63) is 59.9 Å². The number of carbonyl (C=O) groups excluding carboxylic acids is 1. The van der Waals surface area contributed by atoms with Crippen molar-refractivity contribution in [2.75, 3.05) is 19.5 Å². The molecule has 1 aliphatic carbocycles. The van der Waals surface area contributed by atoms with E-state index in [-0.39, 0.29) is 23.5 Å². The van der Waals surface area contributed by atoms with Crippen LogP contribution < -0.4 is 0 Å². The van der Waals surface area contributed by atoms with Crippen LogP contribution in [0.4, 0.5) is 4.39 Å². The summed E-state index contributed by atoms with van der Waals surface area (Å²) >= 11 is 1.43. The minimum Gasteiger partial charge on any atom is -0.383 e. The van der Waals surface area contributed by atoms with Gasteiger partial charge in [-0.25, -0.2) is 9.37 Å². The first kappa shape index (κ1) is 19.9. The average Bonchev–Trinajstić information content (AvgIpc) is 3.51. The topological polar surface area (TPSA) is 47.4 Å². The van der Waals surface area contributed by atoms with Gasteiger partial charge >= 0.3 is 0 Å². The van der Waals surface area contributed by atoms with Crippen molar-refractivity contribution in [2.45, 2.75) is 37.1 Å². The molecule has 0 radical (unpaired) electrons. The van der Waals surface area contributed by atoms with Gasteiger partial charge in [0.1, 0.15) is 5.82 Å². The molecule has 0 aliphatic heterocycles. The Morgan fingerprint density at radius 1 is 1.24 bits per heavy atom. The number of carbonyl (C=O) groups is 1. The van der Waals surface area contributed by atoms with Gasteiger partial charge < -0.3 is 14.2 Å². The minimum atomic E-state index is -0.264. The molecule has 1 amide bonds. The lowest BCUT2D eigenvalue weighted by Crippen LogP contribution is -2.34. The van der Waals surface area contributed by atoms with Crippen LogP contribution in [-0.2, 0) is 22.6 Å². The summed E-state index contributed by atoms with van der Waals surface area (Å²) in [6.07, 6.45) is 1.97. The van der Waals surface area contributed by atoms with E-state index in [0.717, 1.165) is 29.0 Å². The second-order valence-electron chi connectivity index (χ2n) is 7.16. The Hall–Kier alpha value is -2.38. The monoisotopic (exact) mass is 413 g/mol. The van der Waals surface area contributed by atoms with E-state index < -0.39 is 0 Å². The van der Waals surface area contributed by atoms with Crippen molar-refractivity contribution in [1.82, 2.24) is 14.5 Å². The molecular weight excluding hydrogens is 389 g/mol. The van der Waals surface area contributed by atoms with Crippen molar-refractivity contribution >= 4 is 28.7 Å². The van der Waals surface area contributed by atoms with Crippen LogP contribution in [0.5, 0.6) is 0 Å². The van der Waals surface area contributed by atoms with E-state index in [9.17, 15) is 9.18 Å². The van der Waals surface area contributed by atoms with Crippen molar-refractivity contribution in [3.8, 4) is 0 Å². The summed E-state index contributed by atoms with van der Waals surface area (Å²) in [6.45, 7) is 1.56. The molecule has 0 bridgehead atoms. The van der Waals surface area contributed by atoms with Gasteiger partial charge in [-0.15, -0.1) is 0 Å². The molecule has 3 aromatic rings. The molecule has 29 heavy (non-hydrogen) atoms. The van der Waals surface area contributed by atoms with Gasteiger partial charge in [-0.3, -0.25) is 4.79 Å². The molecule has 1 fully saturated rings. The lowest BCUT2D eigenvalue weighted by Gasteiger charge is -2.22. The Balaban J connectivity index is 1.48. The van der Waals surface area contributed by atoms with Crippen LogP contribution in [0.15, 0.2) is 53.7 Å². The zero-order valence-electron chi connectivity index (χ0n) is 16.4. The van der Waals surface area contributed by atoms with Crippen LogP contribution in [0.3, 0.4) is 0 Å². The van der Waals surface area contributed by atoms with E-state index in [2.05, 4.69) is 4.57 Å². The summed E-state index contributed by atoms with van der Waals surface area (Å²) < 4.78 is 21.4. The second-order valence-corrected chi connectivity index (χ2v) is 8.10. The van der Waals surface area contributed by atoms with E-state index in [4.69, 9.17) is 9.72 Å². The Labute approximate surface area is 173 Å². The van der Waals surface area contributed by atoms with Gasteiger partial charge in [-0.1, -0.05) is 42.1 Å². The molecule has 0 spiro atoms. The maximum atomic E-state index is 14.1. The molecule has 0 unspecified atom stereocenters. The first-order valence-corrected chi connectivity index (χ1v) is 10.8. The smallest absolute Gasteiger partial charge is 0.233 e. The molecule has 0 saturated heterocycles. The van der Waals surface area contributed by atoms with Gasteiger partial charge in [0, 0.05) is 31.8 Å². The second kappa shape index (κ2) is 8.97. The van der Waals surface area contributed by atoms with Gasteiger partial charge in [-0.2, -0.15) is 0 Å². The largest absolute Gasteiger partial charge is 0.383 e.